The molecule has 0 atom stereocenters. The summed E-state index contributed by atoms with van der Waals surface area (Å²) in [5.74, 6) is -0.574. The van der Waals surface area contributed by atoms with E-state index in [0.717, 1.165) is 0 Å². The first-order valence-electron chi connectivity index (χ1n) is 8.65. The van der Waals surface area contributed by atoms with Crippen LogP contribution in [0.3, 0.4) is 0 Å². The maximum absolute atomic E-state index is 12.3. The second-order valence-electron chi connectivity index (χ2n) is 6.17. The van der Waals surface area contributed by atoms with Crippen molar-refractivity contribution in [2.24, 2.45) is 0 Å². The van der Waals surface area contributed by atoms with E-state index in [0.29, 0.717) is 34.7 Å². The van der Waals surface area contributed by atoms with Crippen LogP contribution in [0, 0.1) is 0 Å². The number of hydrogen-bond acceptors (Lipinski definition) is 4. The predicted molar refractivity (Wildman–Crippen MR) is 106 cm³/mol. The lowest BCUT2D eigenvalue weighted by molar-refractivity contribution is -0.274. The molecular formula is C21H18F3N3O2. The second-order valence-corrected chi connectivity index (χ2v) is 6.17. The first-order chi connectivity index (χ1) is 13.8. The molecule has 0 aliphatic carbocycles. The molecule has 0 bridgehead atoms. The first-order valence-corrected chi connectivity index (χ1v) is 8.65. The van der Waals surface area contributed by atoms with Crippen molar-refractivity contribution in [3.8, 4) is 5.75 Å². The van der Waals surface area contributed by atoms with Crippen molar-refractivity contribution in [2.45, 2.75) is 12.9 Å². The Morgan fingerprint density at radius 1 is 0.966 bits per heavy atom. The molecule has 150 valence electrons. The molecule has 0 aliphatic rings. The highest BCUT2D eigenvalue weighted by Gasteiger charge is 2.31. The van der Waals surface area contributed by atoms with Crippen molar-refractivity contribution in [1.29, 1.82) is 0 Å². The van der Waals surface area contributed by atoms with E-state index < -0.39 is 6.36 Å². The van der Waals surface area contributed by atoms with Crippen molar-refractivity contribution in [3.63, 3.8) is 0 Å². The van der Waals surface area contributed by atoms with Crippen molar-refractivity contribution < 1.29 is 22.7 Å². The minimum absolute atomic E-state index is 0.274. The highest BCUT2D eigenvalue weighted by atomic mass is 19.4. The Morgan fingerprint density at radius 3 is 2.38 bits per heavy atom. The molecule has 0 fully saturated rings. The highest BCUT2D eigenvalue weighted by molar-refractivity contribution is 6.05. The van der Waals surface area contributed by atoms with E-state index >= 15 is 0 Å². The van der Waals surface area contributed by atoms with E-state index in [9.17, 15) is 18.0 Å². The standard InChI is InChI=1S/C21H18F3N3O2/c22-21(23,24)29-17-5-3-4-14(12-17)13-26-16-10-8-15(9-11-16)20(28)27-19-7-2-1-6-18(19)25/h1-12,26H,13,25H2,(H,27,28). The van der Waals surface area contributed by atoms with E-state index in [1.165, 1.54) is 18.2 Å². The summed E-state index contributed by atoms with van der Waals surface area (Å²) in [4.78, 5) is 12.3. The topological polar surface area (TPSA) is 76.4 Å². The quantitative estimate of drug-likeness (QED) is 0.506. The lowest BCUT2D eigenvalue weighted by atomic mass is 10.1. The number of rotatable bonds is 6. The normalized spacial score (nSPS) is 11.0. The van der Waals surface area contributed by atoms with Gasteiger partial charge in [-0.1, -0.05) is 24.3 Å². The summed E-state index contributed by atoms with van der Waals surface area (Å²) >= 11 is 0. The van der Waals surface area contributed by atoms with Gasteiger partial charge in [-0.3, -0.25) is 4.79 Å². The van der Waals surface area contributed by atoms with Gasteiger partial charge in [-0.2, -0.15) is 0 Å². The molecule has 29 heavy (non-hydrogen) atoms. The molecule has 0 aliphatic heterocycles. The number of benzene rings is 3. The summed E-state index contributed by atoms with van der Waals surface area (Å²) < 4.78 is 40.8. The lowest BCUT2D eigenvalue weighted by Crippen LogP contribution is -2.17. The SMILES string of the molecule is Nc1ccccc1NC(=O)c1ccc(NCc2cccc(OC(F)(F)F)c2)cc1. The van der Waals surface area contributed by atoms with Gasteiger partial charge in [0.1, 0.15) is 5.75 Å². The van der Waals surface area contributed by atoms with E-state index in [-0.39, 0.29) is 11.7 Å². The molecule has 0 saturated carbocycles. The molecular weight excluding hydrogens is 383 g/mol. The average Bonchev–Trinajstić information content (AvgIpc) is 2.67. The van der Waals surface area contributed by atoms with Gasteiger partial charge in [-0.15, -0.1) is 13.2 Å². The Kier molecular flexibility index (Phi) is 5.92. The zero-order valence-corrected chi connectivity index (χ0v) is 15.2. The number of anilines is 3. The molecule has 8 heteroatoms. The summed E-state index contributed by atoms with van der Waals surface area (Å²) in [6.45, 7) is 0.293. The minimum Gasteiger partial charge on any atom is -0.406 e. The molecule has 0 heterocycles. The van der Waals surface area contributed by atoms with Gasteiger partial charge in [0.05, 0.1) is 11.4 Å². The van der Waals surface area contributed by atoms with Crippen molar-refractivity contribution >= 4 is 23.0 Å². The van der Waals surface area contributed by atoms with Crippen LogP contribution < -0.4 is 21.1 Å². The molecule has 0 aromatic heterocycles. The smallest absolute Gasteiger partial charge is 0.406 e. The average molecular weight is 401 g/mol. The number of carbonyl (C=O) groups excluding carboxylic acids is 1. The van der Waals surface area contributed by atoms with E-state index in [4.69, 9.17) is 5.73 Å². The van der Waals surface area contributed by atoms with Crippen LogP contribution >= 0.6 is 0 Å². The van der Waals surface area contributed by atoms with Gasteiger partial charge in [-0.05, 0) is 54.1 Å². The predicted octanol–water partition coefficient (Wildman–Crippen LogP) is 5.03. The van der Waals surface area contributed by atoms with Crippen molar-refractivity contribution in [1.82, 2.24) is 0 Å². The third kappa shape index (κ3) is 5.90. The van der Waals surface area contributed by atoms with E-state index in [1.54, 1.807) is 54.6 Å². The number of hydrogen-bond donors (Lipinski definition) is 3. The zero-order chi connectivity index (χ0) is 20.9. The molecule has 0 spiro atoms. The van der Waals surface area contributed by atoms with Gasteiger partial charge < -0.3 is 21.1 Å². The number of ether oxygens (including phenoxy) is 1. The molecule has 1 amide bonds. The van der Waals surface area contributed by atoms with E-state index in [1.807, 2.05) is 0 Å². The zero-order valence-electron chi connectivity index (χ0n) is 15.2. The number of nitrogens with one attached hydrogen (secondary N) is 2. The van der Waals surface area contributed by atoms with Crippen LogP contribution in [0.5, 0.6) is 5.75 Å². The summed E-state index contributed by atoms with van der Waals surface area (Å²) in [7, 11) is 0. The molecule has 0 unspecified atom stereocenters. The number of halogens is 3. The second kappa shape index (κ2) is 8.55. The fourth-order valence-corrected chi connectivity index (χ4v) is 2.60. The van der Waals surface area contributed by atoms with Gasteiger partial charge in [0.25, 0.3) is 5.91 Å². The number of amides is 1. The Bertz CT molecular complexity index is 989. The maximum Gasteiger partial charge on any atom is 0.573 e. The number of nitrogens with two attached hydrogens (primary N) is 1. The molecule has 5 nitrogen and oxygen atoms in total. The molecule has 3 rings (SSSR count). The number of carbonyl (C=O) groups is 1. The highest BCUT2D eigenvalue weighted by Crippen LogP contribution is 2.24. The van der Waals surface area contributed by atoms with Crippen LogP contribution in [-0.2, 0) is 6.54 Å². The largest absolute Gasteiger partial charge is 0.573 e. The summed E-state index contributed by atoms with van der Waals surface area (Å²) in [5, 5.41) is 5.83. The third-order valence-electron chi connectivity index (χ3n) is 3.98. The molecule has 3 aromatic rings. The van der Waals surface area contributed by atoms with Gasteiger partial charge >= 0.3 is 6.36 Å². The van der Waals surface area contributed by atoms with Gasteiger partial charge in [0.15, 0.2) is 0 Å². The Labute approximate surface area is 165 Å². The summed E-state index contributed by atoms with van der Waals surface area (Å²) in [6.07, 6.45) is -4.73. The lowest BCUT2D eigenvalue weighted by Gasteiger charge is -2.11. The van der Waals surface area contributed by atoms with Crippen LogP contribution in [0.25, 0.3) is 0 Å². The van der Waals surface area contributed by atoms with Crippen LogP contribution in [0.4, 0.5) is 30.2 Å². The van der Waals surface area contributed by atoms with Gasteiger partial charge in [0.2, 0.25) is 0 Å². The van der Waals surface area contributed by atoms with E-state index in [2.05, 4.69) is 15.4 Å². The number of para-hydroxylation sites is 2. The fraction of sp³-hybridized carbons (Fsp3) is 0.0952. The Balaban J connectivity index is 1.59. The van der Waals surface area contributed by atoms with Crippen LogP contribution in [0.2, 0.25) is 0 Å². The van der Waals surface area contributed by atoms with Gasteiger partial charge in [-0.25, -0.2) is 0 Å². The number of nitrogen functional groups attached to an aromatic ring is 1. The Morgan fingerprint density at radius 2 is 1.69 bits per heavy atom. The monoisotopic (exact) mass is 401 g/mol. The first kappa shape index (κ1) is 20.1. The van der Waals surface area contributed by atoms with Crippen LogP contribution in [0.15, 0.2) is 72.8 Å². The fourth-order valence-electron chi connectivity index (χ4n) is 2.60. The van der Waals surface area contributed by atoms with Crippen LogP contribution in [0.1, 0.15) is 15.9 Å². The molecule has 0 saturated heterocycles. The molecule has 4 N–H and O–H groups in total. The summed E-state index contributed by atoms with van der Waals surface area (Å²) in [5.41, 5.74) is 8.58. The molecule has 0 radical (unpaired) electrons. The minimum atomic E-state index is -4.73. The number of alkyl halides is 3. The molecule has 3 aromatic carbocycles. The van der Waals surface area contributed by atoms with Gasteiger partial charge in [0, 0.05) is 17.8 Å². The third-order valence-corrected chi connectivity index (χ3v) is 3.98. The maximum atomic E-state index is 12.3. The Hall–Kier alpha value is -3.68. The van der Waals surface area contributed by atoms with Crippen molar-refractivity contribution in [2.75, 3.05) is 16.4 Å². The summed E-state index contributed by atoms with van der Waals surface area (Å²) in [6, 6.07) is 19.4. The van der Waals surface area contributed by atoms with Crippen molar-refractivity contribution in [3.05, 3.63) is 83.9 Å². The van der Waals surface area contributed by atoms with Crippen LogP contribution in [-0.4, -0.2) is 12.3 Å².